The number of amides is 12. The summed E-state index contributed by atoms with van der Waals surface area (Å²) < 4.78 is 25.5. The van der Waals surface area contributed by atoms with Gasteiger partial charge in [-0.15, -0.1) is 26.3 Å². The minimum Gasteiger partial charge on any atom is -0.358 e. The predicted molar refractivity (Wildman–Crippen MR) is 554 cm³/mol. The quantitative estimate of drug-likeness (QED) is 0.0167. The van der Waals surface area contributed by atoms with E-state index in [9.17, 15) is 57.5 Å². The minimum absolute atomic E-state index is 0. The van der Waals surface area contributed by atoms with E-state index in [0.29, 0.717) is 40.2 Å². The van der Waals surface area contributed by atoms with E-state index in [2.05, 4.69) is 69.7 Å². The number of benzene rings is 8. The van der Waals surface area contributed by atoms with Crippen LogP contribution in [-0.4, -0.2) is 139 Å². The zero-order valence-electron chi connectivity index (χ0n) is 77.0. The van der Waals surface area contributed by atoms with Crippen molar-refractivity contribution >= 4 is 164 Å². The number of hydrazine groups is 4. The smallest absolute Gasteiger partial charge is 0.261 e. The third kappa shape index (κ3) is 29.0. The average molecular weight is 2110 g/mol. The van der Waals surface area contributed by atoms with Crippen LogP contribution >= 0.6 is 92.8 Å². The van der Waals surface area contributed by atoms with Crippen molar-refractivity contribution in [1.82, 2.24) is 63.0 Å². The molecule has 8 aromatic rings. The third-order valence-electron chi connectivity index (χ3n) is 24.8. The second kappa shape index (κ2) is 52.3. The Balaban J connectivity index is 0.000000194. The Morgan fingerprint density at radius 3 is 0.601 bits per heavy atom. The topological polar surface area (TPSA) is 351 Å². The maximum absolute atomic E-state index is 13.9. The number of carbonyl (C=O) groups excluding carboxylic acids is 12. The summed E-state index contributed by atoms with van der Waals surface area (Å²) in [4.78, 5) is 161. The number of morpholine rings is 4. The van der Waals surface area contributed by atoms with Crippen LogP contribution in [0.5, 0.6) is 0 Å². The number of hydrogen-bond donors (Lipinski definition) is 8. The maximum Gasteiger partial charge on any atom is 0.261 e. The summed E-state index contributed by atoms with van der Waals surface area (Å²) in [5.74, 6) is -4.78. The fourth-order valence-electron chi connectivity index (χ4n) is 18.1. The molecule has 12 amide bonds. The highest BCUT2D eigenvalue weighted by molar-refractivity contribution is 6.33. The van der Waals surface area contributed by atoms with E-state index in [-0.39, 0.29) is 95.3 Å². The number of halogens is 8. The minimum atomic E-state index is -0.824. The monoisotopic (exact) mass is 2110 g/mol. The highest BCUT2D eigenvalue weighted by atomic mass is 35.5. The van der Waals surface area contributed by atoms with Gasteiger partial charge in [0, 0.05) is 93.6 Å². The molecular formula is C107H120Cl8N12O16. The van der Waals surface area contributed by atoms with Crippen LogP contribution in [0.4, 0.5) is 0 Å². The molecule has 4 aliphatic heterocycles. The summed E-state index contributed by atoms with van der Waals surface area (Å²) in [5, 5.41) is 4.34. The molecule has 8 N–H and O–H groups in total. The molecule has 143 heavy (non-hydrogen) atoms. The Labute approximate surface area is 874 Å². The van der Waals surface area contributed by atoms with Crippen molar-refractivity contribution in [2.24, 2.45) is 23.7 Å². The van der Waals surface area contributed by atoms with Crippen molar-refractivity contribution in [2.45, 2.75) is 224 Å². The molecule has 8 aromatic carbocycles. The lowest BCUT2D eigenvalue weighted by Crippen LogP contribution is -2.60. The molecule has 760 valence electrons. The van der Waals surface area contributed by atoms with Crippen LogP contribution in [0.3, 0.4) is 0 Å². The Morgan fingerprint density at radius 2 is 0.455 bits per heavy atom. The zero-order valence-corrected chi connectivity index (χ0v) is 83.0. The summed E-state index contributed by atoms with van der Waals surface area (Å²) in [6, 6.07) is 52.0. The van der Waals surface area contributed by atoms with Crippen LogP contribution < -0.4 is 43.4 Å². The van der Waals surface area contributed by atoms with Crippen molar-refractivity contribution in [2.75, 3.05) is 0 Å². The van der Waals surface area contributed by atoms with E-state index in [1.54, 1.807) is 141 Å². The van der Waals surface area contributed by atoms with Gasteiger partial charge in [-0.3, -0.25) is 101 Å². The number of rotatable bonds is 28. The molecule has 28 nitrogen and oxygen atoms in total. The van der Waals surface area contributed by atoms with Gasteiger partial charge in [0.2, 0.25) is 23.6 Å². The number of nitrogens with zero attached hydrogens (tertiary/aromatic N) is 4. The number of ether oxygens (including phenoxy) is 4. The lowest BCUT2D eigenvalue weighted by Gasteiger charge is -2.47. The predicted octanol–water partition coefficient (Wildman–Crippen LogP) is 20.0. The molecule has 0 unspecified atom stereocenters. The molecular weight excluding hydrogens is 1990 g/mol. The Kier molecular flexibility index (Phi) is 41.5. The van der Waals surface area contributed by atoms with Gasteiger partial charge in [0.1, 0.15) is 73.0 Å². The van der Waals surface area contributed by atoms with Crippen molar-refractivity contribution in [3.63, 3.8) is 0 Å². The van der Waals surface area contributed by atoms with Gasteiger partial charge in [0.25, 0.3) is 47.3 Å². The molecule has 36 heteroatoms. The standard InChI is InChI=1S/4C26H27Cl2N3O4.3CH4/c4*1-3-5-21-26(34)31(23(17-8-9-17)25(33)30-29-15(2)32)22(16-10-12-19(27)13-11-16)24(35-21)18-6-4-7-20(28)14-18;;;/h4*3-4,6-7,10-14,17,21-24H,1,5,8-9H2,2H3,(H,29,32)(H,30,33);3*1H4/t2*21-,22+,23+,24-;2*21-,22+,23-,24-;;;/m1010.../s1. The van der Waals surface area contributed by atoms with Gasteiger partial charge in [0.15, 0.2) is 0 Å². The summed E-state index contributed by atoms with van der Waals surface area (Å²) in [6.45, 7) is 20.3. The average Bonchev–Trinajstić information content (AvgIpc) is 1.60. The lowest BCUT2D eigenvalue weighted by atomic mass is 9.89. The molecule has 0 aromatic heterocycles. The van der Waals surface area contributed by atoms with Gasteiger partial charge in [-0.25, -0.2) is 0 Å². The van der Waals surface area contributed by atoms with E-state index < -0.39 is 144 Å². The normalized spacial score (nSPS) is 22.4. The molecule has 4 saturated carbocycles. The molecule has 16 atom stereocenters. The number of carbonyl (C=O) groups is 12. The fourth-order valence-corrected chi connectivity index (χ4v) is 19.4. The van der Waals surface area contributed by atoms with Crippen LogP contribution in [0.15, 0.2) is 245 Å². The van der Waals surface area contributed by atoms with Crippen molar-refractivity contribution in [3.05, 3.63) is 329 Å². The van der Waals surface area contributed by atoms with Gasteiger partial charge < -0.3 is 38.5 Å². The second-order valence-corrected chi connectivity index (χ2v) is 38.8. The van der Waals surface area contributed by atoms with Crippen molar-refractivity contribution in [3.8, 4) is 0 Å². The Morgan fingerprint density at radius 1 is 0.280 bits per heavy atom. The summed E-state index contributed by atoms with van der Waals surface area (Å²) in [6.07, 6.45) is 8.29. The number of hydrogen-bond acceptors (Lipinski definition) is 16. The second-order valence-electron chi connectivity index (χ2n) is 35.3. The van der Waals surface area contributed by atoms with E-state index in [1.165, 1.54) is 27.7 Å². The van der Waals surface area contributed by atoms with Gasteiger partial charge in [-0.05, 0) is 217 Å². The van der Waals surface area contributed by atoms with Crippen LogP contribution in [0.1, 0.15) is 220 Å². The molecule has 4 aliphatic carbocycles. The summed E-state index contributed by atoms with van der Waals surface area (Å²) in [7, 11) is 0. The lowest BCUT2D eigenvalue weighted by molar-refractivity contribution is -0.182. The molecule has 8 fully saturated rings. The van der Waals surface area contributed by atoms with E-state index >= 15 is 0 Å². The molecule has 0 spiro atoms. The third-order valence-corrected chi connectivity index (χ3v) is 26.7. The van der Waals surface area contributed by atoms with E-state index in [4.69, 9.17) is 112 Å². The van der Waals surface area contributed by atoms with Crippen LogP contribution in [-0.2, 0) is 76.5 Å². The van der Waals surface area contributed by atoms with E-state index in [1.807, 2.05) is 97.1 Å². The van der Waals surface area contributed by atoms with Crippen LogP contribution in [0.25, 0.3) is 0 Å². The zero-order chi connectivity index (χ0) is 100. The first-order valence-electron chi connectivity index (χ1n) is 45.8. The Bertz CT molecular complexity index is 5190. The van der Waals surface area contributed by atoms with Crippen LogP contribution in [0.2, 0.25) is 40.2 Å². The molecule has 8 aliphatic rings. The molecule has 0 radical (unpaired) electrons. The molecule has 4 saturated heterocycles. The first-order chi connectivity index (χ1) is 67.2. The highest BCUT2D eigenvalue weighted by Gasteiger charge is 2.58. The van der Waals surface area contributed by atoms with Crippen molar-refractivity contribution in [1.29, 1.82) is 0 Å². The van der Waals surface area contributed by atoms with Crippen LogP contribution in [0, 0.1) is 23.7 Å². The first kappa shape index (κ1) is 113. The van der Waals surface area contributed by atoms with Gasteiger partial charge in [-0.1, -0.05) is 236 Å². The van der Waals surface area contributed by atoms with Gasteiger partial charge >= 0.3 is 0 Å². The molecule has 0 bridgehead atoms. The largest absolute Gasteiger partial charge is 0.358 e. The number of nitrogens with one attached hydrogen (secondary N) is 8. The first-order valence-corrected chi connectivity index (χ1v) is 48.9. The maximum atomic E-state index is 13.9. The summed E-state index contributed by atoms with van der Waals surface area (Å²) in [5.41, 5.74) is 25.5. The fraction of sp³-hybridized carbons (Fsp3) is 0.364. The van der Waals surface area contributed by atoms with Crippen molar-refractivity contribution < 1.29 is 76.5 Å². The van der Waals surface area contributed by atoms with E-state index in [0.717, 1.165) is 95.9 Å². The Hall–Kier alpha value is -11.5. The van der Waals surface area contributed by atoms with Gasteiger partial charge in [-0.2, -0.15) is 0 Å². The SMILES string of the molecule is C.C.C.C=CC[C@@H]1O[C@@H](c2cccc(Cl)c2)[C@@H](c2ccc(Cl)cc2)N([C@@H](C(=O)NNC(C)=O)C2CC2)C1=O.C=CC[C@@H]1O[C@@H](c2cccc(Cl)c2)[C@@H](c2ccc(Cl)cc2)N([C@H](C(=O)NNC(C)=O)C2CC2)C1=O.C=CC[C@H]1O[C@H](c2cccc(Cl)c2)[C@H](c2ccc(Cl)cc2)N([C@@H](C(=O)NNC(C)=O)C2CC2)C1=O.C=CC[C@H]1O[C@H](c2cccc(Cl)c2)[C@H](c2ccc(Cl)cc2)N([C@H](C(=O)NNC(C)=O)C2CC2)C1=O. The molecule has 4 heterocycles. The highest BCUT2D eigenvalue weighted by Crippen LogP contribution is 2.54. The van der Waals surface area contributed by atoms with Gasteiger partial charge in [0.05, 0.1) is 24.2 Å². The summed E-state index contributed by atoms with van der Waals surface area (Å²) >= 11 is 49.9. The molecule has 16 rings (SSSR count).